The minimum atomic E-state index is -0.940. The highest BCUT2D eigenvalue weighted by Crippen LogP contribution is 2.40. The number of halogens is 3. The number of fused-ring (bicyclic) bond motifs is 1. The Balaban J connectivity index is 1.82. The van der Waals surface area contributed by atoms with Gasteiger partial charge in [-0.1, -0.05) is 31.3 Å². The molecule has 4 aromatic rings. The summed E-state index contributed by atoms with van der Waals surface area (Å²) in [5.74, 6) is -2.79. The van der Waals surface area contributed by atoms with Crippen molar-refractivity contribution in [3.05, 3.63) is 72.3 Å². The largest absolute Gasteiger partial charge is 0.450 e. The smallest absolute Gasteiger partial charge is 0.198 e. The van der Waals surface area contributed by atoms with Crippen molar-refractivity contribution < 1.29 is 22.6 Å². The van der Waals surface area contributed by atoms with E-state index in [0.717, 1.165) is 18.2 Å². The van der Waals surface area contributed by atoms with Crippen LogP contribution in [0.2, 0.25) is 19.1 Å². The van der Waals surface area contributed by atoms with Crippen LogP contribution in [0.1, 0.15) is 0 Å². The van der Waals surface area contributed by atoms with Crippen LogP contribution >= 0.6 is 0 Å². The van der Waals surface area contributed by atoms with Gasteiger partial charge in [-0.25, -0.2) is 18.2 Å². The molecule has 0 fully saturated rings. The molecule has 0 atom stereocenters. The summed E-state index contributed by atoms with van der Waals surface area (Å²) in [6.45, 7) is 5.20. The van der Waals surface area contributed by atoms with Crippen molar-refractivity contribution in [3.63, 3.8) is 0 Å². The quantitative estimate of drug-likeness (QED) is 0.189. The summed E-state index contributed by atoms with van der Waals surface area (Å²) in [4.78, 5) is 4.41. The van der Waals surface area contributed by atoms with E-state index < -0.39 is 32.0 Å². The molecule has 0 spiro atoms. The fourth-order valence-electron chi connectivity index (χ4n) is 3.48. The second kappa shape index (κ2) is 9.68. The first-order chi connectivity index (χ1) is 15.8. The lowest BCUT2D eigenvalue weighted by Gasteiger charge is -2.11. The van der Waals surface area contributed by atoms with Gasteiger partial charge in [-0.15, -0.1) is 0 Å². The number of hydrogen-bond donors (Lipinski definition) is 1. The molecule has 1 radical (unpaired) electrons. The van der Waals surface area contributed by atoms with Gasteiger partial charge in [0.15, 0.2) is 17.4 Å². The molecule has 0 saturated heterocycles. The number of nitrogen functional groups attached to an aromatic ring is 1. The standard InChI is InChI=1S/C24H23F3N3O2Si/c1-33(2)10-9-31-14-30-13-17(16-5-3-4-6-18(16)25)22-21(7-8-29-24(22)30)32-23-19(26)11-15(28)12-20(23)27/h3-8,11-13H,9-10,14,28H2,1-2H3. The van der Waals surface area contributed by atoms with Crippen molar-refractivity contribution in [2.45, 2.75) is 25.9 Å². The molecule has 0 aliphatic heterocycles. The van der Waals surface area contributed by atoms with E-state index in [0.29, 0.717) is 28.8 Å². The summed E-state index contributed by atoms with van der Waals surface area (Å²) in [6.07, 6.45) is 3.17. The van der Waals surface area contributed by atoms with Crippen LogP contribution in [0, 0.1) is 17.5 Å². The van der Waals surface area contributed by atoms with Gasteiger partial charge >= 0.3 is 0 Å². The van der Waals surface area contributed by atoms with Crippen molar-refractivity contribution in [1.29, 1.82) is 0 Å². The third kappa shape index (κ3) is 4.89. The Labute approximate surface area is 191 Å². The molecular formula is C24H23F3N3O2Si. The van der Waals surface area contributed by atoms with Crippen LogP contribution < -0.4 is 10.5 Å². The lowest BCUT2D eigenvalue weighted by atomic mass is 10.0. The molecule has 2 N–H and O–H groups in total. The number of nitrogens with zero attached hydrogens (tertiary/aromatic N) is 2. The van der Waals surface area contributed by atoms with Crippen molar-refractivity contribution in [1.82, 2.24) is 9.55 Å². The van der Waals surface area contributed by atoms with E-state index in [9.17, 15) is 13.2 Å². The van der Waals surface area contributed by atoms with Crippen LogP contribution in [0.15, 0.2) is 54.9 Å². The van der Waals surface area contributed by atoms with Gasteiger partial charge in [0, 0.05) is 56.7 Å². The van der Waals surface area contributed by atoms with Gasteiger partial charge in [0.1, 0.15) is 23.9 Å². The molecule has 4 rings (SSSR count). The Hall–Kier alpha value is -3.30. The van der Waals surface area contributed by atoms with E-state index in [1.54, 1.807) is 29.0 Å². The average Bonchev–Trinajstić information content (AvgIpc) is 3.13. The topological polar surface area (TPSA) is 62.3 Å². The molecule has 171 valence electrons. The Bertz CT molecular complexity index is 1270. The van der Waals surface area contributed by atoms with Crippen LogP contribution in [-0.2, 0) is 11.5 Å². The molecule has 2 aromatic heterocycles. The van der Waals surface area contributed by atoms with E-state index in [-0.39, 0.29) is 18.2 Å². The molecule has 2 aromatic carbocycles. The molecule has 5 nitrogen and oxygen atoms in total. The maximum atomic E-state index is 14.7. The van der Waals surface area contributed by atoms with Gasteiger partial charge in [-0.3, -0.25) is 0 Å². The molecule has 2 heterocycles. The van der Waals surface area contributed by atoms with Crippen LogP contribution in [-0.4, -0.2) is 25.0 Å². The summed E-state index contributed by atoms with van der Waals surface area (Å²) in [5.41, 5.74) is 6.68. The van der Waals surface area contributed by atoms with Gasteiger partial charge in [0.25, 0.3) is 0 Å². The van der Waals surface area contributed by atoms with Gasteiger partial charge in [-0.05, 0) is 18.2 Å². The predicted octanol–water partition coefficient (Wildman–Crippen LogP) is 6.22. The minimum absolute atomic E-state index is 0.0591. The van der Waals surface area contributed by atoms with Crippen molar-refractivity contribution in [2.24, 2.45) is 0 Å². The first kappa shape index (κ1) is 22.9. The second-order valence-corrected chi connectivity index (χ2v) is 10.8. The Kier molecular flexibility index (Phi) is 6.71. The highest BCUT2D eigenvalue weighted by atomic mass is 28.3. The third-order valence-corrected chi connectivity index (χ3v) is 6.30. The minimum Gasteiger partial charge on any atom is -0.450 e. The van der Waals surface area contributed by atoms with Crippen molar-refractivity contribution in [3.8, 4) is 22.6 Å². The van der Waals surface area contributed by atoms with Gasteiger partial charge in [0.05, 0.1) is 5.39 Å². The van der Waals surface area contributed by atoms with Gasteiger partial charge < -0.3 is 19.8 Å². The number of benzene rings is 2. The first-order valence-electron chi connectivity index (χ1n) is 10.4. The molecule has 0 saturated carbocycles. The number of hydrogen-bond acceptors (Lipinski definition) is 4. The SMILES string of the molecule is C[Si](C)CCOCn1cc(-c2ccccc2F)c2c(Oc3c(F)cc(N)cc3F)ccnc21. The maximum absolute atomic E-state index is 14.7. The normalized spacial score (nSPS) is 11.5. The number of aromatic nitrogens is 2. The van der Waals surface area contributed by atoms with E-state index in [1.807, 2.05) is 0 Å². The fourth-order valence-corrected chi connectivity index (χ4v) is 4.03. The van der Waals surface area contributed by atoms with Crippen LogP contribution in [0.3, 0.4) is 0 Å². The molecule has 0 aliphatic rings. The monoisotopic (exact) mass is 470 g/mol. The van der Waals surface area contributed by atoms with Crippen molar-refractivity contribution in [2.75, 3.05) is 12.3 Å². The van der Waals surface area contributed by atoms with Gasteiger partial charge in [-0.2, -0.15) is 0 Å². The number of anilines is 1. The Morgan fingerprint density at radius 2 is 1.73 bits per heavy atom. The zero-order valence-electron chi connectivity index (χ0n) is 18.2. The first-order valence-corrected chi connectivity index (χ1v) is 13.1. The molecule has 0 aliphatic carbocycles. The molecular weight excluding hydrogens is 447 g/mol. The molecule has 0 bridgehead atoms. The van der Waals surface area contributed by atoms with E-state index >= 15 is 0 Å². The Morgan fingerprint density at radius 3 is 2.42 bits per heavy atom. The lowest BCUT2D eigenvalue weighted by molar-refractivity contribution is 0.0903. The maximum Gasteiger partial charge on any atom is 0.198 e. The van der Waals surface area contributed by atoms with E-state index in [4.69, 9.17) is 15.2 Å². The third-order valence-electron chi connectivity index (χ3n) is 5.09. The number of pyridine rings is 1. The zero-order chi connectivity index (χ0) is 23.5. The number of ether oxygens (including phenoxy) is 2. The average molecular weight is 471 g/mol. The fraction of sp³-hybridized carbons (Fsp3) is 0.208. The van der Waals surface area contributed by atoms with Gasteiger partial charge in [0.2, 0.25) is 0 Å². The summed E-state index contributed by atoms with van der Waals surface area (Å²) in [7, 11) is -0.425. The molecule has 0 amide bonds. The second-order valence-electron chi connectivity index (χ2n) is 7.91. The summed E-state index contributed by atoms with van der Waals surface area (Å²) >= 11 is 0. The van der Waals surface area contributed by atoms with Crippen LogP contribution in [0.25, 0.3) is 22.2 Å². The highest BCUT2D eigenvalue weighted by Gasteiger charge is 2.21. The summed E-state index contributed by atoms with van der Waals surface area (Å²) in [6, 6.07) is 10.7. The number of rotatable bonds is 8. The molecule has 33 heavy (non-hydrogen) atoms. The van der Waals surface area contributed by atoms with E-state index in [1.165, 1.54) is 18.3 Å². The van der Waals surface area contributed by atoms with Crippen LogP contribution in [0.5, 0.6) is 11.5 Å². The zero-order valence-corrected chi connectivity index (χ0v) is 19.2. The highest BCUT2D eigenvalue weighted by molar-refractivity contribution is 6.55. The number of nitrogens with two attached hydrogens (primary N) is 1. The van der Waals surface area contributed by atoms with Crippen LogP contribution in [0.4, 0.5) is 18.9 Å². The van der Waals surface area contributed by atoms with Crippen molar-refractivity contribution >= 4 is 25.5 Å². The summed E-state index contributed by atoms with van der Waals surface area (Å²) in [5, 5.41) is 0.414. The molecule has 0 unspecified atom stereocenters. The Morgan fingerprint density at radius 1 is 1.00 bits per heavy atom. The summed E-state index contributed by atoms with van der Waals surface area (Å²) < 4.78 is 56.7. The lowest BCUT2D eigenvalue weighted by Crippen LogP contribution is -2.08. The predicted molar refractivity (Wildman–Crippen MR) is 124 cm³/mol. The molecule has 9 heteroatoms. The van der Waals surface area contributed by atoms with E-state index in [2.05, 4.69) is 18.1 Å².